The molecule has 4 rings (SSSR count). The number of rotatable bonds is 6. The summed E-state index contributed by atoms with van der Waals surface area (Å²) in [6, 6.07) is 11.6. The lowest BCUT2D eigenvalue weighted by molar-refractivity contribution is 0.0938. The lowest BCUT2D eigenvalue weighted by atomic mass is 10.1. The average Bonchev–Trinajstić information content (AvgIpc) is 3.40. The highest BCUT2D eigenvalue weighted by atomic mass is 16.2. The zero-order valence-corrected chi connectivity index (χ0v) is 18.1. The van der Waals surface area contributed by atoms with Crippen molar-refractivity contribution in [3.05, 3.63) is 59.4 Å². The zero-order chi connectivity index (χ0) is 21.8. The molecule has 1 aliphatic carbocycles. The summed E-state index contributed by atoms with van der Waals surface area (Å²) >= 11 is 0. The van der Waals surface area contributed by atoms with Crippen LogP contribution in [0.3, 0.4) is 0 Å². The highest BCUT2D eigenvalue weighted by Crippen LogP contribution is 2.20. The minimum absolute atomic E-state index is 0.0341. The van der Waals surface area contributed by atoms with E-state index in [2.05, 4.69) is 20.9 Å². The normalized spacial score (nSPS) is 14.0. The van der Waals surface area contributed by atoms with Gasteiger partial charge in [0.05, 0.1) is 17.4 Å². The van der Waals surface area contributed by atoms with E-state index in [1.54, 1.807) is 6.33 Å². The molecule has 0 radical (unpaired) electrons. The van der Waals surface area contributed by atoms with Crippen LogP contribution in [0.2, 0.25) is 0 Å². The number of amides is 3. The molecule has 1 heterocycles. The Morgan fingerprint density at radius 2 is 1.90 bits per heavy atom. The van der Waals surface area contributed by atoms with Crippen molar-refractivity contribution in [3.8, 4) is 0 Å². The van der Waals surface area contributed by atoms with Gasteiger partial charge in [0.1, 0.15) is 0 Å². The molecule has 0 unspecified atom stereocenters. The third-order valence-electron chi connectivity index (χ3n) is 5.85. The Morgan fingerprint density at radius 3 is 2.71 bits per heavy atom. The van der Waals surface area contributed by atoms with Gasteiger partial charge in [-0.25, -0.2) is 9.78 Å². The number of benzene rings is 2. The highest BCUT2D eigenvalue weighted by Gasteiger charge is 2.18. The van der Waals surface area contributed by atoms with Crippen LogP contribution >= 0.6 is 0 Å². The van der Waals surface area contributed by atoms with Gasteiger partial charge in [-0.15, -0.1) is 0 Å². The monoisotopic (exact) mass is 419 g/mol. The van der Waals surface area contributed by atoms with E-state index in [1.165, 1.54) is 12.8 Å². The second kappa shape index (κ2) is 9.20. The molecule has 7 heteroatoms. The molecule has 1 saturated carbocycles. The number of carbonyl (C=O) groups excluding carboxylic acids is 2. The van der Waals surface area contributed by atoms with Crippen LogP contribution in [0, 0.1) is 13.8 Å². The molecule has 0 spiro atoms. The Labute approximate surface area is 182 Å². The molecular weight excluding hydrogens is 390 g/mol. The maximum Gasteiger partial charge on any atom is 0.319 e. The van der Waals surface area contributed by atoms with Crippen molar-refractivity contribution in [2.75, 3.05) is 11.9 Å². The summed E-state index contributed by atoms with van der Waals surface area (Å²) in [6.07, 6.45) is 6.24. The van der Waals surface area contributed by atoms with Crippen LogP contribution in [0.15, 0.2) is 42.7 Å². The van der Waals surface area contributed by atoms with Gasteiger partial charge in [0.15, 0.2) is 0 Å². The molecule has 3 N–H and O–H groups in total. The molecule has 0 atom stereocenters. The van der Waals surface area contributed by atoms with Gasteiger partial charge in [0.2, 0.25) is 0 Å². The number of aromatic nitrogens is 2. The van der Waals surface area contributed by atoms with E-state index in [-0.39, 0.29) is 11.9 Å². The second-order valence-corrected chi connectivity index (χ2v) is 8.30. The minimum Gasteiger partial charge on any atom is -0.349 e. The number of hydrogen-bond acceptors (Lipinski definition) is 3. The number of hydrogen-bond donors (Lipinski definition) is 3. The van der Waals surface area contributed by atoms with E-state index in [0.717, 1.165) is 40.7 Å². The van der Waals surface area contributed by atoms with Crippen LogP contribution in [-0.4, -0.2) is 34.1 Å². The maximum absolute atomic E-state index is 12.5. The van der Waals surface area contributed by atoms with Crippen LogP contribution in [0.4, 0.5) is 10.5 Å². The molecule has 3 aromatic rings. The van der Waals surface area contributed by atoms with Crippen molar-refractivity contribution < 1.29 is 9.59 Å². The average molecular weight is 420 g/mol. The number of fused-ring (bicyclic) bond motifs is 1. The predicted molar refractivity (Wildman–Crippen MR) is 122 cm³/mol. The van der Waals surface area contributed by atoms with Crippen LogP contribution in [-0.2, 0) is 6.54 Å². The van der Waals surface area contributed by atoms with Gasteiger partial charge >= 0.3 is 6.03 Å². The van der Waals surface area contributed by atoms with E-state index in [9.17, 15) is 9.59 Å². The fraction of sp³-hybridized carbons (Fsp3) is 0.375. The summed E-state index contributed by atoms with van der Waals surface area (Å²) in [7, 11) is 0. The quantitative estimate of drug-likeness (QED) is 0.561. The Balaban J connectivity index is 1.33. The summed E-state index contributed by atoms with van der Waals surface area (Å²) in [4.78, 5) is 29.2. The van der Waals surface area contributed by atoms with Gasteiger partial charge in [-0.05, 0) is 62.1 Å². The summed E-state index contributed by atoms with van der Waals surface area (Å²) < 4.78 is 1.98. The van der Waals surface area contributed by atoms with E-state index >= 15 is 0 Å². The van der Waals surface area contributed by atoms with E-state index in [0.29, 0.717) is 24.7 Å². The molecule has 1 fully saturated rings. The smallest absolute Gasteiger partial charge is 0.319 e. The largest absolute Gasteiger partial charge is 0.349 e. The van der Waals surface area contributed by atoms with E-state index in [1.807, 2.05) is 54.8 Å². The summed E-state index contributed by atoms with van der Waals surface area (Å²) in [5, 5.41) is 8.90. The number of imidazole rings is 1. The molecule has 162 valence electrons. The lowest BCUT2D eigenvalue weighted by Crippen LogP contribution is -2.32. The van der Waals surface area contributed by atoms with Gasteiger partial charge in [0.25, 0.3) is 5.91 Å². The first-order valence-corrected chi connectivity index (χ1v) is 10.9. The third kappa shape index (κ3) is 5.05. The Morgan fingerprint density at radius 1 is 1.10 bits per heavy atom. The van der Waals surface area contributed by atoms with Gasteiger partial charge in [-0.3, -0.25) is 4.79 Å². The topological polar surface area (TPSA) is 88.1 Å². The summed E-state index contributed by atoms with van der Waals surface area (Å²) in [5.74, 6) is -0.0341. The molecule has 1 aromatic heterocycles. The van der Waals surface area contributed by atoms with Gasteiger partial charge in [-0.2, -0.15) is 0 Å². The fourth-order valence-electron chi connectivity index (χ4n) is 4.05. The third-order valence-corrected chi connectivity index (χ3v) is 5.85. The first-order chi connectivity index (χ1) is 15.0. The molecular formula is C24H29N5O2. The molecule has 3 amide bonds. The van der Waals surface area contributed by atoms with Gasteiger partial charge in [-0.1, -0.05) is 25.0 Å². The lowest BCUT2D eigenvalue weighted by Gasteiger charge is -2.12. The molecule has 1 aliphatic rings. The number of nitrogens with zero attached hydrogens (tertiary/aromatic N) is 2. The molecule has 0 aliphatic heterocycles. The van der Waals surface area contributed by atoms with E-state index in [4.69, 9.17) is 0 Å². The number of aryl methyl sites for hydroxylation is 2. The molecule has 0 bridgehead atoms. The Hall–Kier alpha value is -3.35. The van der Waals surface area contributed by atoms with Crippen molar-refractivity contribution in [1.29, 1.82) is 0 Å². The van der Waals surface area contributed by atoms with Crippen LogP contribution in [0.5, 0.6) is 0 Å². The first-order valence-electron chi connectivity index (χ1n) is 10.9. The Kier molecular flexibility index (Phi) is 6.21. The van der Waals surface area contributed by atoms with Gasteiger partial charge < -0.3 is 20.5 Å². The molecule has 7 nitrogen and oxygen atoms in total. The van der Waals surface area contributed by atoms with Crippen molar-refractivity contribution in [2.45, 2.75) is 52.1 Å². The number of carbonyl (C=O) groups is 2. The molecule has 2 aromatic carbocycles. The highest BCUT2D eigenvalue weighted by molar-refractivity contribution is 5.97. The van der Waals surface area contributed by atoms with Crippen LogP contribution in [0.1, 0.15) is 47.2 Å². The van der Waals surface area contributed by atoms with Gasteiger partial charge in [0, 0.05) is 30.4 Å². The minimum atomic E-state index is -0.232. The number of nitrogens with one attached hydrogen (secondary N) is 3. The summed E-state index contributed by atoms with van der Waals surface area (Å²) in [5.41, 5.74) is 5.29. The first kappa shape index (κ1) is 20.9. The second-order valence-electron chi connectivity index (χ2n) is 8.30. The van der Waals surface area contributed by atoms with Crippen LogP contribution in [0.25, 0.3) is 11.0 Å². The fourth-order valence-corrected chi connectivity index (χ4v) is 4.05. The van der Waals surface area contributed by atoms with E-state index < -0.39 is 0 Å². The number of anilines is 1. The summed E-state index contributed by atoms with van der Waals surface area (Å²) in [6.45, 7) is 5.02. The molecule has 0 saturated heterocycles. The predicted octanol–water partition coefficient (Wildman–Crippen LogP) is 4.15. The van der Waals surface area contributed by atoms with Crippen molar-refractivity contribution in [1.82, 2.24) is 20.2 Å². The zero-order valence-electron chi connectivity index (χ0n) is 18.1. The van der Waals surface area contributed by atoms with Crippen LogP contribution < -0.4 is 16.0 Å². The number of urea groups is 1. The Bertz CT molecular complexity index is 1100. The standard InChI is InChI=1S/C24H29N5O2/c1-16-7-8-17(2)20(13-16)28-24(31)25-11-12-29-15-26-21-14-18(9-10-22(21)29)23(30)27-19-5-3-4-6-19/h7-10,13-15,19H,3-6,11-12H2,1-2H3,(H,27,30)(H2,25,28,31). The van der Waals surface area contributed by atoms with Crippen molar-refractivity contribution in [3.63, 3.8) is 0 Å². The maximum atomic E-state index is 12.5. The van der Waals surface area contributed by atoms with Crippen molar-refractivity contribution in [2.24, 2.45) is 0 Å². The van der Waals surface area contributed by atoms with Crippen molar-refractivity contribution >= 4 is 28.7 Å². The molecule has 31 heavy (non-hydrogen) atoms. The SMILES string of the molecule is Cc1ccc(C)c(NC(=O)NCCn2cnc3cc(C(=O)NC4CCCC4)ccc32)c1.